The number of aryl methyl sites for hydroxylation is 3. The first-order valence-corrected chi connectivity index (χ1v) is 14.2. The van der Waals surface area contributed by atoms with E-state index in [0.717, 1.165) is 43.9 Å². The third kappa shape index (κ3) is 4.47. The van der Waals surface area contributed by atoms with E-state index in [1.54, 1.807) is 17.4 Å². The van der Waals surface area contributed by atoms with Crippen LogP contribution in [-0.2, 0) is 11.3 Å². The average molecular weight is 558 g/mol. The monoisotopic (exact) mass is 557 g/mol. The number of rotatable bonds is 5. The number of morpholine rings is 1. The van der Waals surface area contributed by atoms with E-state index in [2.05, 4.69) is 14.7 Å². The normalized spacial score (nSPS) is 17.7. The van der Waals surface area contributed by atoms with Gasteiger partial charge in [0.2, 0.25) is 5.91 Å². The Morgan fingerprint density at radius 2 is 1.82 bits per heavy atom. The van der Waals surface area contributed by atoms with Gasteiger partial charge in [-0.2, -0.15) is 0 Å². The lowest BCUT2D eigenvalue weighted by molar-refractivity contribution is -0.0586. The van der Waals surface area contributed by atoms with Crippen molar-refractivity contribution in [2.75, 3.05) is 13.1 Å². The number of primary amides is 1. The standard InChI is InChI=1S/C30H31N5O4S/c1-15-14-40-26(32-15)13-35-24-7-6-20(30(37)34-11-16(2)38-17(3)12-34)8-22(24)28-23(29(31)36)9-21(10-25(28)35)27-18(4)33-39-19(27)5/h6-10,14,16-17H,11-13H2,1-5H3,(H2,31,36)/t16-,17+. The van der Waals surface area contributed by atoms with E-state index in [1.807, 2.05) is 69.2 Å². The molecule has 6 rings (SSSR count). The second-order valence-electron chi connectivity index (χ2n) is 10.6. The molecule has 3 aromatic heterocycles. The number of carbonyl (C=O) groups is 2. The first-order chi connectivity index (χ1) is 19.1. The van der Waals surface area contributed by atoms with E-state index >= 15 is 0 Å². The number of benzene rings is 2. The molecule has 1 saturated heterocycles. The van der Waals surface area contributed by atoms with Gasteiger partial charge in [0.05, 0.1) is 30.0 Å². The molecule has 0 saturated carbocycles. The van der Waals surface area contributed by atoms with Crippen LogP contribution in [-0.4, -0.2) is 56.7 Å². The molecule has 0 radical (unpaired) electrons. The minimum atomic E-state index is -0.546. The highest BCUT2D eigenvalue weighted by molar-refractivity contribution is 7.09. The Labute approximate surface area is 235 Å². The number of aromatic nitrogens is 3. The van der Waals surface area contributed by atoms with Crippen LogP contribution in [0.2, 0.25) is 0 Å². The maximum Gasteiger partial charge on any atom is 0.254 e. The molecule has 40 heavy (non-hydrogen) atoms. The number of hydrogen-bond acceptors (Lipinski definition) is 7. The average Bonchev–Trinajstić information content (AvgIpc) is 3.57. The molecule has 5 aromatic rings. The summed E-state index contributed by atoms with van der Waals surface area (Å²) in [6, 6.07) is 9.54. The maximum absolute atomic E-state index is 13.6. The van der Waals surface area contributed by atoms with Crippen LogP contribution in [0.15, 0.2) is 40.2 Å². The quantitative estimate of drug-likeness (QED) is 0.316. The molecular weight excluding hydrogens is 526 g/mol. The molecule has 2 aromatic carbocycles. The van der Waals surface area contributed by atoms with Crippen LogP contribution in [0.1, 0.15) is 56.7 Å². The molecule has 0 spiro atoms. The minimum Gasteiger partial charge on any atom is -0.372 e. The van der Waals surface area contributed by atoms with Crippen LogP contribution in [0.3, 0.4) is 0 Å². The van der Waals surface area contributed by atoms with Gasteiger partial charge in [-0.3, -0.25) is 9.59 Å². The number of nitrogens with two attached hydrogens (primary N) is 1. The van der Waals surface area contributed by atoms with Crippen LogP contribution < -0.4 is 5.73 Å². The van der Waals surface area contributed by atoms with Gasteiger partial charge in [-0.05, 0) is 70.5 Å². The van der Waals surface area contributed by atoms with Crippen molar-refractivity contribution in [2.24, 2.45) is 5.73 Å². The predicted octanol–water partition coefficient (Wildman–Crippen LogP) is 5.23. The molecule has 2 amide bonds. The van der Waals surface area contributed by atoms with E-state index in [9.17, 15) is 9.59 Å². The summed E-state index contributed by atoms with van der Waals surface area (Å²) in [7, 11) is 0. The summed E-state index contributed by atoms with van der Waals surface area (Å²) >= 11 is 1.59. The van der Waals surface area contributed by atoms with Crippen molar-refractivity contribution < 1.29 is 18.8 Å². The number of nitrogens with zero attached hydrogens (tertiary/aromatic N) is 4. The number of fused-ring (bicyclic) bond motifs is 3. The molecule has 1 aliphatic rings. The molecule has 1 fully saturated rings. The van der Waals surface area contributed by atoms with E-state index in [4.69, 9.17) is 15.0 Å². The number of ether oxygens (including phenoxy) is 1. The van der Waals surface area contributed by atoms with E-state index in [-0.39, 0.29) is 18.1 Å². The van der Waals surface area contributed by atoms with Gasteiger partial charge < -0.3 is 24.5 Å². The van der Waals surface area contributed by atoms with Gasteiger partial charge in [-0.1, -0.05) is 5.16 Å². The van der Waals surface area contributed by atoms with Crippen molar-refractivity contribution in [3.05, 3.63) is 69.0 Å². The first kappa shape index (κ1) is 26.2. The molecule has 4 heterocycles. The molecule has 2 atom stereocenters. The van der Waals surface area contributed by atoms with Crippen molar-refractivity contribution >= 4 is 45.0 Å². The van der Waals surface area contributed by atoms with E-state index in [1.165, 1.54) is 0 Å². The fourth-order valence-corrected chi connectivity index (χ4v) is 6.66. The fraction of sp³-hybridized carbons (Fsp3) is 0.333. The van der Waals surface area contributed by atoms with Gasteiger partial charge in [0.25, 0.3) is 5.91 Å². The zero-order valence-corrected chi connectivity index (χ0v) is 24.0. The zero-order valence-electron chi connectivity index (χ0n) is 23.1. The Morgan fingerprint density at radius 1 is 1.07 bits per heavy atom. The first-order valence-electron chi connectivity index (χ1n) is 13.3. The molecule has 9 nitrogen and oxygen atoms in total. The van der Waals surface area contributed by atoms with E-state index < -0.39 is 5.91 Å². The largest absolute Gasteiger partial charge is 0.372 e. The highest BCUT2D eigenvalue weighted by atomic mass is 32.1. The number of thiazole rings is 1. The second kappa shape index (κ2) is 9.87. The van der Waals surface area contributed by atoms with Gasteiger partial charge in [0.15, 0.2) is 0 Å². The summed E-state index contributed by atoms with van der Waals surface area (Å²) in [4.78, 5) is 33.1. The van der Waals surface area contributed by atoms with Gasteiger partial charge in [0.1, 0.15) is 10.8 Å². The highest BCUT2D eigenvalue weighted by Crippen LogP contribution is 2.38. The molecule has 0 aliphatic carbocycles. The molecule has 0 unspecified atom stereocenters. The van der Waals surface area contributed by atoms with Crippen molar-refractivity contribution in [2.45, 2.75) is 53.4 Å². The molecule has 0 bridgehead atoms. The van der Waals surface area contributed by atoms with Crippen molar-refractivity contribution in [1.29, 1.82) is 0 Å². The molecule has 1 aliphatic heterocycles. The number of hydrogen-bond donors (Lipinski definition) is 1. The predicted molar refractivity (Wildman–Crippen MR) is 155 cm³/mol. The van der Waals surface area contributed by atoms with Gasteiger partial charge in [-0.25, -0.2) is 4.98 Å². The van der Waals surface area contributed by atoms with Gasteiger partial charge in [-0.15, -0.1) is 11.3 Å². The molecule has 10 heteroatoms. The summed E-state index contributed by atoms with van der Waals surface area (Å²) < 4.78 is 13.4. The summed E-state index contributed by atoms with van der Waals surface area (Å²) in [6.07, 6.45) is -0.0754. The Bertz CT molecular complexity index is 1770. The Morgan fingerprint density at radius 3 is 2.45 bits per heavy atom. The van der Waals surface area contributed by atoms with Gasteiger partial charge >= 0.3 is 0 Å². The lowest BCUT2D eigenvalue weighted by Gasteiger charge is -2.35. The number of amides is 2. The summed E-state index contributed by atoms with van der Waals surface area (Å²) in [5, 5.41) is 8.58. The zero-order chi connectivity index (χ0) is 28.3. The SMILES string of the molecule is Cc1csc(Cn2c3ccc(C(=O)N4C[C@@H](C)O[C@@H](C)C4)cc3c3c(C(N)=O)cc(-c4c(C)noc4C)cc32)n1. The highest BCUT2D eigenvalue weighted by Gasteiger charge is 2.28. The van der Waals surface area contributed by atoms with E-state index in [0.29, 0.717) is 41.9 Å². The van der Waals surface area contributed by atoms with Crippen LogP contribution in [0.4, 0.5) is 0 Å². The third-order valence-electron chi connectivity index (χ3n) is 7.47. The minimum absolute atomic E-state index is 0.0377. The van der Waals surface area contributed by atoms with Crippen LogP contribution in [0.5, 0.6) is 0 Å². The number of carbonyl (C=O) groups excluding carboxylic acids is 2. The van der Waals surface area contributed by atoms with Crippen molar-refractivity contribution in [3.63, 3.8) is 0 Å². The maximum atomic E-state index is 13.6. The summed E-state index contributed by atoms with van der Waals surface area (Å²) in [6.45, 7) is 11.2. The van der Waals surface area contributed by atoms with Crippen LogP contribution in [0.25, 0.3) is 32.9 Å². The summed E-state index contributed by atoms with van der Waals surface area (Å²) in [5.74, 6) is 0.0518. The Hall–Kier alpha value is -4.02. The Balaban J connectivity index is 1.59. The van der Waals surface area contributed by atoms with Gasteiger partial charge in [0, 0.05) is 57.1 Å². The summed E-state index contributed by atoms with van der Waals surface area (Å²) in [5.41, 5.74) is 12.0. The smallest absolute Gasteiger partial charge is 0.254 e. The van der Waals surface area contributed by atoms with Crippen molar-refractivity contribution in [3.8, 4) is 11.1 Å². The Kier molecular flexibility index (Phi) is 6.47. The third-order valence-corrected chi connectivity index (χ3v) is 8.42. The molecule has 206 valence electrons. The molecule has 2 N–H and O–H groups in total. The topological polar surface area (TPSA) is 116 Å². The lowest BCUT2D eigenvalue weighted by Crippen LogP contribution is -2.48. The lowest BCUT2D eigenvalue weighted by atomic mass is 9.97. The van der Waals surface area contributed by atoms with Crippen LogP contribution >= 0.6 is 11.3 Å². The second-order valence-corrected chi connectivity index (χ2v) is 11.6. The molecular formula is C30H31N5O4S. The van der Waals surface area contributed by atoms with Crippen LogP contribution in [0, 0.1) is 20.8 Å². The van der Waals surface area contributed by atoms with Crippen molar-refractivity contribution in [1.82, 2.24) is 19.6 Å². The fourth-order valence-electron chi connectivity index (χ4n) is 5.90.